The van der Waals surface area contributed by atoms with Crippen molar-refractivity contribution in [1.29, 1.82) is 0 Å². The summed E-state index contributed by atoms with van der Waals surface area (Å²) in [6, 6.07) is 4.40. The summed E-state index contributed by atoms with van der Waals surface area (Å²) in [6.45, 7) is 8.92. The zero-order valence-electron chi connectivity index (χ0n) is 19.2. The van der Waals surface area contributed by atoms with Crippen LogP contribution in [0.2, 0.25) is 0 Å². The molecule has 1 unspecified atom stereocenters. The van der Waals surface area contributed by atoms with Gasteiger partial charge in [0.05, 0.1) is 13.2 Å². The highest BCUT2D eigenvalue weighted by atomic mass is 35.5. The van der Waals surface area contributed by atoms with Crippen LogP contribution >= 0.6 is 11.6 Å². The lowest BCUT2D eigenvalue weighted by atomic mass is 10.0. The van der Waals surface area contributed by atoms with Gasteiger partial charge in [0.1, 0.15) is 18.2 Å². The van der Waals surface area contributed by atoms with Crippen molar-refractivity contribution in [3.63, 3.8) is 0 Å². The number of carbonyl (C=O) groups is 3. The van der Waals surface area contributed by atoms with E-state index < -0.39 is 29.6 Å². The van der Waals surface area contributed by atoms with E-state index in [0.29, 0.717) is 11.6 Å². The zero-order valence-corrected chi connectivity index (χ0v) is 20.0. The van der Waals surface area contributed by atoms with E-state index >= 15 is 0 Å². The van der Waals surface area contributed by atoms with Gasteiger partial charge in [0, 0.05) is 11.6 Å². The SMILES string of the molecule is C#CCOCc1cc(NC(=O)CNC(=O)C(NC(=O)OC(C)(C)C)C(C)C)ccc1CCl. The number of amides is 3. The van der Waals surface area contributed by atoms with Crippen LogP contribution in [-0.4, -0.2) is 42.7 Å². The first-order valence-corrected chi connectivity index (χ1v) is 10.8. The molecule has 0 aliphatic rings. The molecule has 1 aromatic carbocycles. The molecule has 9 heteroatoms. The fourth-order valence-corrected chi connectivity index (χ4v) is 2.90. The van der Waals surface area contributed by atoms with Crippen LogP contribution in [0.1, 0.15) is 45.7 Å². The van der Waals surface area contributed by atoms with Crippen molar-refractivity contribution >= 4 is 35.2 Å². The summed E-state index contributed by atoms with van der Waals surface area (Å²) in [6.07, 6.45) is 4.49. The van der Waals surface area contributed by atoms with Gasteiger partial charge in [-0.15, -0.1) is 18.0 Å². The Kier molecular flexibility index (Phi) is 11.0. The monoisotopic (exact) mass is 465 g/mol. The van der Waals surface area contributed by atoms with Gasteiger partial charge >= 0.3 is 6.09 Å². The van der Waals surface area contributed by atoms with Crippen LogP contribution in [-0.2, 0) is 31.5 Å². The third kappa shape index (κ3) is 10.0. The molecule has 176 valence electrons. The number of alkyl halides is 1. The van der Waals surface area contributed by atoms with Gasteiger partial charge in [-0.05, 0) is 49.9 Å². The highest BCUT2D eigenvalue weighted by Gasteiger charge is 2.27. The molecule has 0 aromatic heterocycles. The number of terminal acetylenes is 1. The zero-order chi connectivity index (χ0) is 24.3. The van der Waals surface area contributed by atoms with Crippen molar-refractivity contribution in [3.8, 4) is 12.3 Å². The minimum absolute atomic E-state index is 0.165. The predicted octanol–water partition coefficient (Wildman–Crippen LogP) is 3.18. The van der Waals surface area contributed by atoms with Crippen LogP contribution in [0.5, 0.6) is 0 Å². The number of carbonyl (C=O) groups excluding carboxylic acids is 3. The normalized spacial score (nSPS) is 11.9. The number of hydrogen-bond donors (Lipinski definition) is 3. The third-order valence-corrected chi connectivity index (χ3v) is 4.41. The van der Waals surface area contributed by atoms with Crippen LogP contribution in [0, 0.1) is 18.3 Å². The Morgan fingerprint density at radius 3 is 2.44 bits per heavy atom. The van der Waals surface area contributed by atoms with E-state index in [1.165, 1.54) is 0 Å². The molecule has 0 fully saturated rings. The Balaban J connectivity index is 2.68. The smallest absolute Gasteiger partial charge is 0.408 e. The summed E-state index contributed by atoms with van der Waals surface area (Å²) in [5.41, 5.74) is 1.51. The standard InChI is InChI=1S/C23H32ClN3O5/c1-7-10-31-14-17-11-18(9-8-16(17)12-24)26-19(28)13-25-21(29)20(15(2)3)27-22(30)32-23(4,5)6/h1,8-9,11,15,20H,10,12-14H2,2-6H3,(H,25,29)(H,26,28)(H,27,30). The summed E-state index contributed by atoms with van der Waals surface area (Å²) < 4.78 is 10.6. The molecule has 0 saturated heterocycles. The molecule has 32 heavy (non-hydrogen) atoms. The molecule has 0 heterocycles. The summed E-state index contributed by atoms with van der Waals surface area (Å²) in [5, 5.41) is 7.80. The Morgan fingerprint density at radius 2 is 1.88 bits per heavy atom. The van der Waals surface area contributed by atoms with Crippen LogP contribution < -0.4 is 16.0 Å². The van der Waals surface area contributed by atoms with E-state index in [-0.39, 0.29) is 25.7 Å². The second-order valence-corrected chi connectivity index (χ2v) is 8.72. The molecule has 1 atom stereocenters. The van der Waals surface area contributed by atoms with E-state index in [4.69, 9.17) is 27.5 Å². The predicted molar refractivity (Wildman–Crippen MR) is 124 cm³/mol. The number of nitrogens with one attached hydrogen (secondary N) is 3. The van der Waals surface area contributed by atoms with Gasteiger partial charge in [-0.3, -0.25) is 9.59 Å². The Morgan fingerprint density at radius 1 is 1.19 bits per heavy atom. The van der Waals surface area contributed by atoms with Gasteiger partial charge in [-0.1, -0.05) is 25.8 Å². The summed E-state index contributed by atoms with van der Waals surface area (Å²) >= 11 is 5.94. The second-order valence-electron chi connectivity index (χ2n) is 8.45. The minimum Gasteiger partial charge on any atom is -0.444 e. The van der Waals surface area contributed by atoms with E-state index in [0.717, 1.165) is 11.1 Å². The van der Waals surface area contributed by atoms with Crippen molar-refractivity contribution < 1.29 is 23.9 Å². The van der Waals surface area contributed by atoms with Gasteiger partial charge in [0.25, 0.3) is 0 Å². The molecule has 1 rings (SSSR count). The highest BCUT2D eigenvalue weighted by Crippen LogP contribution is 2.19. The number of rotatable bonds is 10. The van der Waals surface area contributed by atoms with Gasteiger partial charge in [0.2, 0.25) is 11.8 Å². The van der Waals surface area contributed by atoms with Crippen LogP contribution in [0.15, 0.2) is 18.2 Å². The van der Waals surface area contributed by atoms with Crippen molar-refractivity contribution in [2.24, 2.45) is 5.92 Å². The maximum absolute atomic E-state index is 12.5. The molecule has 1 aromatic rings. The minimum atomic E-state index is -0.847. The lowest BCUT2D eigenvalue weighted by molar-refractivity contribution is -0.126. The number of alkyl carbamates (subject to hydrolysis) is 1. The lowest BCUT2D eigenvalue weighted by Gasteiger charge is -2.25. The quantitative estimate of drug-likeness (QED) is 0.279. The second kappa shape index (κ2) is 12.9. The summed E-state index contributed by atoms with van der Waals surface area (Å²) in [5.74, 6) is 1.56. The van der Waals surface area contributed by atoms with Crippen LogP contribution in [0.25, 0.3) is 0 Å². The summed E-state index contributed by atoms with van der Waals surface area (Å²) in [7, 11) is 0. The first-order valence-electron chi connectivity index (χ1n) is 10.2. The van der Waals surface area contributed by atoms with Crippen molar-refractivity contribution in [3.05, 3.63) is 29.3 Å². The number of anilines is 1. The first-order chi connectivity index (χ1) is 15.0. The first kappa shape index (κ1) is 27.3. The molecule has 0 bridgehead atoms. The molecule has 8 nitrogen and oxygen atoms in total. The number of ether oxygens (including phenoxy) is 2. The number of hydrogen-bond acceptors (Lipinski definition) is 5. The fourth-order valence-electron chi connectivity index (χ4n) is 2.64. The van der Waals surface area contributed by atoms with Gasteiger partial charge in [-0.25, -0.2) is 4.79 Å². The molecule has 0 aliphatic carbocycles. The van der Waals surface area contributed by atoms with E-state index in [2.05, 4.69) is 21.9 Å². The van der Waals surface area contributed by atoms with Crippen molar-refractivity contribution in [2.75, 3.05) is 18.5 Å². The summed E-state index contributed by atoms with van der Waals surface area (Å²) in [4.78, 5) is 36.9. The van der Waals surface area contributed by atoms with Crippen LogP contribution in [0.3, 0.4) is 0 Å². The van der Waals surface area contributed by atoms with E-state index in [1.807, 2.05) is 0 Å². The van der Waals surface area contributed by atoms with E-state index in [9.17, 15) is 14.4 Å². The van der Waals surface area contributed by atoms with Crippen molar-refractivity contribution in [1.82, 2.24) is 10.6 Å². The fraction of sp³-hybridized carbons (Fsp3) is 0.522. The van der Waals surface area contributed by atoms with Crippen molar-refractivity contribution in [2.45, 2.75) is 58.7 Å². The Bertz CT molecular complexity index is 843. The highest BCUT2D eigenvalue weighted by molar-refractivity contribution is 6.17. The molecule has 3 N–H and O–H groups in total. The molecule has 0 saturated carbocycles. The Labute approximate surface area is 194 Å². The average molecular weight is 466 g/mol. The topological polar surface area (TPSA) is 106 Å². The molecule has 0 aliphatic heterocycles. The molecular formula is C23H32ClN3O5. The Hall–Kier alpha value is -2.76. The van der Waals surface area contributed by atoms with Gasteiger partial charge in [0.15, 0.2) is 0 Å². The molecule has 0 spiro atoms. The van der Waals surface area contributed by atoms with E-state index in [1.54, 1.807) is 52.8 Å². The number of halogens is 1. The molecular weight excluding hydrogens is 434 g/mol. The lowest BCUT2D eigenvalue weighted by Crippen LogP contribution is -2.52. The maximum Gasteiger partial charge on any atom is 0.408 e. The average Bonchev–Trinajstić information content (AvgIpc) is 2.69. The largest absolute Gasteiger partial charge is 0.444 e. The maximum atomic E-state index is 12.5. The molecule has 0 radical (unpaired) electrons. The van der Waals surface area contributed by atoms with Gasteiger partial charge in [-0.2, -0.15) is 0 Å². The van der Waals surface area contributed by atoms with Gasteiger partial charge < -0.3 is 25.4 Å². The number of benzene rings is 1. The molecule has 3 amide bonds. The third-order valence-electron chi connectivity index (χ3n) is 4.12. The van der Waals surface area contributed by atoms with Crippen LogP contribution in [0.4, 0.5) is 10.5 Å².